The Morgan fingerprint density at radius 2 is 1.96 bits per heavy atom. The van der Waals surface area contributed by atoms with Gasteiger partial charge >= 0.3 is 0 Å². The summed E-state index contributed by atoms with van der Waals surface area (Å²) in [4.78, 5) is 14.8. The van der Waals surface area contributed by atoms with Crippen LogP contribution in [0.25, 0.3) is 0 Å². The van der Waals surface area contributed by atoms with E-state index in [1.165, 1.54) is 0 Å². The molecule has 1 aromatic carbocycles. The van der Waals surface area contributed by atoms with Gasteiger partial charge in [-0.15, -0.1) is 10.2 Å². The normalized spacial score (nSPS) is 19.8. The number of carbonyl (C=O) groups is 1. The largest absolute Gasteiger partial charge is 0.424 e. The molecule has 1 spiro atoms. The lowest BCUT2D eigenvalue weighted by Gasteiger charge is -2.37. The maximum atomic E-state index is 12.5. The van der Waals surface area contributed by atoms with Crippen LogP contribution in [0.5, 0.6) is 0 Å². The molecule has 0 radical (unpaired) electrons. The number of nitrogens with one attached hydrogen (secondary N) is 1. The predicted molar refractivity (Wildman–Crippen MR) is 84.9 cm³/mol. The summed E-state index contributed by atoms with van der Waals surface area (Å²) in [7, 11) is 0. The van der Waals surface area contributed by atoms with Crippen LogP contribution in [0.1, 0.15) is 37.1 Å². The zero-order valence-electron chi connectivity index (χ0n) is 13.2. The van der Waals surface area contributed by atoms with Crippen LogP contribution in [-0.4, -0.2) is 34.1 Å². The first kappa shape index (κ1) is 14.4. The molecule has 0 bridgehead atoms. The van der Waals surface area contributed by atoms with Crippen LogP contribution in [0.15, 0.2) is 28.7 Å². The number of rotatable bonds is 3. The number of piperidine rings is 1. The van der Waals surface area contributed by atoms with Crippen molar-refractivity contribution in [3.05, 3.63) is 41.6 Å². The molecule has 6 nitrogen and oxygen atoms in total. The van der Waals surface area contributed by atoms with Gasteiger partial charge in [-0.1, -0.05) is 25.1 Å². The molecular formula is C17H20N4O2. The average molecular weight is 312 g/mol. The Morgan fingerprint density at radius 1 is 1.22 bits per heavy atom. The van der Waals surface area contributed by atoms with Crippen molar-refractivity contribution in [2.24, 2.45) is 0 Å². The monoisotopic (exact) mass is 312 g/mol. The van der Waals surface area contributed by atoms with Gasteiger partial charge in [-0.05, 0) is 24.5 Å². The van der Waals surface area contributed by atoms with E-state index >= 15 is 0 Å². The Labute approximate surface area is 134 Å². The number of amides is 1. The Balaban J connectivity index is 1.47. The second-order valence-electron chi connectivity index (χ2n) is 6.30. The Bertz CT molecular complexity index is 732. The van der Waals surface area contributed by atoms with E-state index in [4.69, 9.17) is 4.42 Å². The number of para-hydroxylation sites is 1. The first-order valence-corrected chi connectivity index (χ1v) is 8.16. The van der Waals surface area contributed by atoms with Crippen LogP contribution < -0.4 is 5.32 Å². The summed E-state index contributed by atoms with van der Waals surface area (Å²) in [5, 5.41) is 11.1. The smallest absolute Gasteiger partial charge is 0.235 e. The lowest BCUT2D eigenvalue weighted by Crippen LogP contribution is -2.46. The van der Waals surface area contributed by atoms with Crippen LogP contribution in [0.2, 0.25) is 0 Å². The predicted octanol–water partition coefficient (Wildman–Crippen LogP) is 2.12. The van der Waals surface area contributed by atoms with Crippen molar-refractivity contribution >= 4 is 11.6 Å². The summed E-state index contributed by atoms with van der Waals surface area (Å²) in [6.07, 6.45) is 2.41. The summed E-state index contributed by atoms with van der Waals surface area (Å²) in [5.74, 6) is 1.48. The van der Waals surface area contributed by atoms with Gasteiger partial charge in [0.2, 0.25) is 17.7 Å². The summed E-state index contributed by atoms with van der Waals surface area (Å²) in [6.45, 7) is 4.36. The zero-order chi connectivity index (χ0) is 15.9. The van der Waals surface area contributed by atoms with Crippen LogP contribution in [0.3, 0.4) is 0 Å². The van der Waals surface area contributed by atoms with E-state index in [0.717, 1.165) is 43.6 Å². The summed E-state index contributed by atoms with van der Waals surface area (Å²) in [5.41, 5.74) is 1.75. The van der Waals surface area contributed by atoms with Crippen LogP contribution in [-0.2, 0) is 23.2 Å². The first-order valence-electron chi connectivity index (χ1n) is 8.16. The molecule has 6 heteroatoms. The van der Waals surface area contributed by atoms with Crippen molar-refractivity contribution in [2.75, 3.05) is 18.4 Å². The standard InChI is InChI=1S/C17H20N4O2/c1-2-14-19-20-15(23-14)11-21-9-7-17(8-10-21)12-5-3-4-6-13(12)18-16(17)22/h3-6H,2,7-11H2,1H3,(H,18,22). The summed E-state index contributed by atoms with van der Waals surface area (Å²) >= 11 is 0. The lowest BCUT2D eigenvalue weighted by atomic mass is 9.74. The molecule has 1 saturated heterocycles. The molecule has 1 N–H and O–H groups in total. The number of anilines is 1. The van der Waals surface area contributed by atoms with Gasteiger partial charge < -0.3 is 9.73 Å². The third-order valence-corrected chi connectivity index (χ3v) is 5.01. The van der Waals surface area contributed by atoms with E-state index in [0.29, 0.717) is 18.3 Å². The molecule has 0 atom stereocenters. The number of hydrogen-bond acceptors (Lipinski definition) is 5. The summed E-state index contributed by atoms with van der Waals surface area (Å²) < 4.78 is 5.59. The number of aryl methyl sites for hydroxylation is 1. The summed E-state index contributed by atoms with van der Waals surface area (Å²) in [6, 6.07) is 8.04. The molecule has 3 heterocycles. The SMILES string of the molecule is CCc1nnc(CN2CCC3(CC2)C(=O)Nc2ccccc23)o1. The van der Waals surface area contributed by atoms with Crippen molar-refractivity contribution in [3.63, 3.8) is 0 Å². The van der Waals surface area contributed by atoms with Gasteiger partial charge in [0.05, 0.1) is 12.0 Å². The molecule has 2 aliphatic heterocycles. The number of aromatic nitrogens is 2. The van der Waals surface area contributed by atoms with Gasteiger partial charge in [0.25, 0.3) is 0 Å². The number of fused-ring (bicyclic) bond motifs is 2. The highest BCUT2D eigenvalue weighted by molar-refractivity contribution is 6.06. The minimum atomic E-state index is -0.365. The number of benzene rings is 1. The van der Waals surface area contributed by atoms with Crippen molar-refractivity contribution in [1.82, 2.24) is 15.1 Å². The fourth-order valence-electron chi connectivity index (χ4n) is 3.65. The average Bonchev–Trinajstić information content (AvgIpc) is 3.13. The second-order valence-corrected chi connectivity index (χ2v) is 6.30. The molecule has 0 unspecified atom stereocenters. The molecule has 4 rings (SSSR count). The van der Waals surface area contributed by atoms with Gasteiger partial charge in [0.1, 0.15) is 0 Å². The fraction of sp³-hybridized carbons (Fsp3) is 0.471. The number of nitrogens with zero attached hydrogens (tertiary/aromatic N) is 3. The number of hydrogen-bond donors (Lipinski definition) is 1. The van der Waals surface area contributed by atoms with Crippen LogP contribution in [0.4, 0.5) is 5.69 Å². The van der Waals surface area contributed by atoms with Crippen LogP contribution >= 0.6 is 0 Å². The number of carbonyl (C=O) groups excluding carboxylic acids is 1. The molecular weight excluding hydrogens is 292 g/mol. The molecule has 1 aromatic heterocycles. The molecule has 2 aliphatic rings. The number of likely N-dealkylation sites (tertiary alicyclic amines) is 1. The lowest BCUT2D eigenvalue weighted by molar-refractivity contribution is -0.122. The highest BCUT2D eigenvalue weighted by Gasteiger charge is 2.48. The molecule has 0 aliphatic carbocycles. The van der Waals surface area contributed by atoms with Gasteiger partial charge in [0.15, 0.2) is 0 Å². The maximum Gasteiger partial charge on any atom is 0.235 e. The van der Waals surface area contributed by atoms with Gasteiger partial charge in [-0.2, -0.15) is 0 Å². The topological polar surface area (TPSA) is 71.3 Å². The Kier molecular flexibility index (Phi) is 3.41. The molecule has 1 amide bonds. The first-order chi connectivity index (χ1) is 11.2. The minimum Gasteiger partial charge on any atom is -0.424 e. The highest BCUT2D eigenvalue weighted by atomic mass is 16.4. The van der Waals surface area contributed by atoms with Crippen molar-refractivity contribution in [3.8, 4) is 0 Å². The second kappa shape index (κ2) is 5.45. The van der Waals surface area contributed by atoms with Crippen molar-refractivity contribution < 1.29 is 9.21 Å². The third-order valence-electron chi connectivity index (χ3n) is 5.01. The van der Waals surface area contributed by atoms with Gasteiger partial charge in [-0.25, -0.2) is 0 Å². The molecule has 120 valence electrons. The Morgan fingerprint density at radius 3 is 2.70 bits per heavy atom. The highest BCUT2D eigenvalue weighted by Crippen LogP contribution is 2.44. The zero-order valence-corrected chi connectivity index (χ0v) is 13.2. The van der Waals surface area contributed by atoms with E-state index in [-0.39, 0.29) is 11.3 Å². The van der Waals surface area contributed by atoms with E-state index < -0.39 is 0 Å². The van der Waals surface area contributed by atoms with Gasteiger partial charge in [-0.3, -0.25) is 9.69 Å². The maximum absolute atomic E-state index is 12.5. The molecule has 2 aromatic rings. The van der Waals surface area contributed by atoms with E-state index in [2.05, 4.69) is 26.5 Å². The third kappa shape index (κ3) is 2.34. The molecule has 23 heavy (non-hydrogen) atoms. The van der Waals surface area contributed by atoms with E-state index in [1.54, 1.807) is 0 Å². The van der Waals surface area contributed by atoms with E-state index in [1.807, 2.05) is 25.1 Å². The molecule has 0 saturated carbocycles. The van der Waals surface area contributed by atoms with E-state index in [9.17, 15) is 4.79 Å². The van der Waals surface area contributed by atoms with Crippen LogP contribution in [0, 0.1) is 0 Å². The minimum absolute atomic E-state index is 0.143. The van der Waals surface area contributed by atoms with Gasteiger partial charge in [0, 0.05) is 25.2 Å². The Hall–Kier alpha value is -2.21. The van der Waals surface area contributed by atoms with Crippen molar-refractivity contribution in [2.45, 2.75) is 38.1 Å². The quantitative estimate of drug-likeness (QED) is 0.940. The fourth-order valence-corrected chi connectivity index (χ4v) is 3.65. The van der Waals surface area contributed by atoms with Crippen molar-refractivity contribution in [1.29, 1.82) is 0 Å². The molecule has 1 fully saturated rings.